The van der Waals surface area contributed by atoms with Crippen LogP contribution >= 0.6 is 0 Å². The summed E-state index contributed by atoms with van der Waals surface area (Å²) in [4.78, 5) is 23.7. The third-order valence-corrected chi connectivity index (χ3v) is 5.66. The Morgan fingerprint density at radius 2 is 2.15 bits per heavy atom. The largest absolute Gasteiger partial charge is 0.491 e. The van der Waals surface area contributed by atoms with Crippen LogP contribution in [0.3, 0.4) is 0 Å². The molecule has 3 rings (SSSR count). The summed E-state index contributed by atoms with van der Waals surface area (Å²) in [5.41, 5.74) is 1.89. The summed E-state index contributed by atoms with van der Waals surface area (Å²) in [7, 11) is 0. The van der Waals surface area contributed by atoms with Gasteiger partial charge >= 0.3 is 5.97 Å². The number of ether oxygens (including phenoxy) is 2. The fourth-order valence-electron chi connectivity index (χ4n) is 4.30. The molecule has 1 N–H and O–H groups in total. The van der Waals surface area contributed by atoms with E-state index in [9.17, 15) is 9.59 Å². The molecule has 3 unspecified atom stereocenters. The second-order valence-electron chi connectivity index (χ2n) is 7.93. The van der Waals surface area contributed by atoms with E-state index < -0.39 is 0 Å². The highest BCUT2D eigenvalue weighted by Crippen LogP contribution is 2.48. The van der Waals surface area contributed by atoms with Crippen LogP contribution in [0, 0.1) is 5.92 Å². The van der Waals surface area contributed by atoms with Crippen molar-refractivity contribution in [3.63, 3.8) is 0 Å². The molecule has 1 aromatic rings. The van der Waals surface area contributed by atoms with Crippen molar-refractivity contribution < 1.29 is 19.1 Å². The minimum absolute atomic E-state index is 0.104. The zero-order chi connectivity index (χ0) is 19.4. The van der Waals surface area contributed by atoms with Gasteiger partial charge in [0.05, 0.1) is 6.10 Å². The predicted molar refractivity (Wildman–Crippen MR) is 106 cm³/mol. The van der Waals surface area contributed by atoms with Gasteiger partial charge < -0.3 is 14.8 Å². The average molecular weight is 373 g/mol. The van der Waals surface area contributed by atoms with Crippen molar-refractivity contribution in [1.82, 2.24) is 0 Å². The molecule has 0 spiro atoms. The van der Waals surface area contributed by atoms with Gasteiger partial charge in [0.25, 0.3) is 0 Å². The molecule has 0 saturated heterocycles. The number of carbonyl (C=O) groups excluding carboxylic acids is 2. The van der Waals surface area contributed by atoms with E-state index >= 15 is 0 Å². The zero-order valence-corrected chi connectivity index (χ0v) is 16.7. The standard InChI is InChI=1S/C22H31NO4/c1-4-5-6-7-14(2)26-18-11-20-22(21(12-18)27-15(3)24)19-10-17(25)9-8-16(19)13-23-20/h11-12,14,16,19,23H,4-10,13H2,1-3H3. The summed E-state index contributed by atoms with van der Waals surface area (Å²) < 4.78 is 11.7. The number of benzene rings is 1. The summed E-state index contributed by atoms with van der Waals surface area (Å²) in [6, 6.07) is 3.81. The number of Topliss-reactive ketones (excluding diaryl/α,β-unsaturated/α-hetero) is 1. The minimum Gasteiger partial charge on any atom is -0.491 e. The van der Waals surface area contributed by atoms with E-state index in [1.807, 2.05) is 12.1 Å². The molecule has 0 radical (unpaired) electrons. The molecule has 1 heterocycles. The smallest absolute Gasteiger partial charge is 0.308 e. The lowest BCUT2D eigenvalue weighted by molar-refractivity contribution is -0.131. The second kappa shape index (κ2) is 8.77. The molecule has 1 saturated carbocycles. The Labute approximate surface area is 161 Å². The molecule has 0 bridgehead atoms. The van der Waals surface area contributed by atoms with Crippen LogP contribution in [0.25, 0.3) is 0 Å². The highest BCUT2D eigenvalue weighted by atomic mass is 16.5. The first-order valence-corrected chi connectivity index (χ1v) is 10.3. The number of hydrogen-bond donors (Lipinski definition) is 1. The van der Waals surface area contributed by atoms with E-state index in [2.05, 4.69) is 19.2 Å². The Bertz CT molecular complexity index is 700. The van der Waals surface area contributed by atoms with Crippen LogP contribution in [0.15, 0.2) is 12.1 Å². The fourth-order valence-corrected chi connectivity index (χ4v) is 4.30. The highest BCUT2D eigenvalue weighted by Gasteiger charge is 2.37. The van der Waals surface area contributed by atoms with E-state index in [4.69, 9.17) is 9.47 Å². The number of esters is 1. The molecule has 0 aromatic heterocycles. The first-order valence-electron chi connectivity index (χ1n) is 10.3. The number of hydrogen-bond acceptors (Lipinski definition) is 5. The summed E-state index contributed by atoms with van der Waals surface area (Å²) in [5.74, 6) is 1.71. The van der Waals surface area contributed by atoms with E-state index in [-0.39, 0.29) is 18.0 Å². The number of fused-ring (bicyclic) bond motifs is 3. The Hall–Kier alpha value is -2.04. The van der Waals surface area contributed by atoms with Crippen molar-refractivity contribution in [2.24, 2.45) is 5.92 Å². The van der Waals surface area contributed by atoms with Gasteiger partial charge in [-0.2, -0.15) is 0 Å². The highest BCUT2D eigenvalue weighted by molar-refractivity contribution is 5.82. The Morgan fingerprint density at radius 3 is 2.89 bits per heavy atom. The van der Waals surface area contributed by atoms with Crippen LogP contribution in [0.1, 0.15) is 77.2 Å². The lowest BCUT2D eigenvalue weighted by Gasteiger charge is -2.38. The zero-order valence-electron chi connectivity index (χ0n) is 16.7. The first-order chi connectivity index (χ1) is 13.0. The third-order valence-electron chi connectivity index (χ3n) is 5.66. The molecule has 5 heteroatoms. The van der Waals surface area contributed by atoms with Crippen LogP contribution in [0.2, 0.25) is 0 Å². The van der Waals surface area contributed by atoms with Crippen LogP contribution in [0.4, 0.5) is 5.69 Å². The second-order valence-corrected chi connectivity index (χ2v) is 7.93. The molecule has 0 amide bonds. The van der Waals surface area contributed by atoms with Gasteiger partial charge in [0, 0.05) is 55.6 Å². The minimum atomic E-state index is -0.352. The van der Waals surface area contributed by atoms with E-state index in [1.54, 1.807) is 0 Å². The van der Waals surface area contributed by atoms with E-state index in [0.29, 0.717) is 36.0 Å². The molecule has 1 aliphatic carbocycles. The molecule has 1 aliphatic heterocycles. The molecule has 5 nitrogen and oxygen atoms in total. The monoisotopic (exact) mass is 373 g/mol. The predicted octanol–water partition coefficient (Wildman–Crippen LogP) is 4.84. The summed E-state index contributed by atoms with van der Waals surface area (Å²) in [6.07, 6.45) is 6.71. The van der Waals surface area contributed by atoms with Crippen molar-refractivity contribution in [3.8, 4) is 11.5 Å². The summed E-state index contributed by atoms with van der Waals surface area (Å²) >= 11 is 0. The van der Waals surface area contributed by atoms with Crippen LogP contribution in [-0.4, -0.2) is 24.4 Å². The van der Waals surface area contributed by atoms with Gasteiger partial charge in [-0.25, -0.2) is 0 Å². The van der Waals surface area contributed by atoms with Gasteiger partial charge in [-0.1, -0.05) is 19.8 Å². The molecule has 27 heavy (non-hydrogen) atoms. The van der Waals surface area contributed by atoms with Crippen molar-refractivity contribution >= 4 is 17.4 Å². The summed E-state index contributed by atoms with van der Waals surface area (Å²) in [5, 5.41) is 3.47. The quantitative estimate of drug-likeness (QED) is 0.421. The fraction of sp³-hybridized carbons (Fsp3) is 0.636. The number of unbranched alkanes of at least 4 members (excludes halogenated alkanes) is 2. The van der Waals surface area contributed by atoms with Gasteiger partial charge in [0.2, 0.25) is 0 Å². The van der Waals surface area contributed by atoms with Gasteiger partial charge in [-0.3, -0.25) is 9.59 Å². The third kappa shape index (κ3) is 4.82. The van der Waals surface area contributed by atoms with Crippen LogP contribution < -0.4 is 14.8 Å². The normalized spacial score (nSPS) is 22.3. The lowest BCUT2D eigenvalue weighted by atomic mass is 9.72. The maximum atomic E-state index is 12.0. The number of rotatable bonds is 7. The SMILES string of the molecule is CCCCCC(C)Oc1cc2c(c(OC(C)=O)c1)C1CC(=O)CCC1CN2. The number of nitrogens with one attached hydrogen (secondary N) is 1. The van der Waals surface area contributed by atoms with Crippen molar-refractivity contribution in [2.45, 2.75) is 77.7 Å². The van der Waals surface area contributed by atoms with E-state index in [0.717, 1.165) is 37.1 Å². The van der Waals surface area contributed by atoms with Gasteiger partial charge in [-0.05, 0) is 32.1 Å². The van der Waals surface area contributed by atoms with Gasteiger partial charge in [0.15, 0.2) is 0 Å². The van der Waals surface area contributed by atoms with Gasteiger partial charge in [0.1, 0.15) is 17.3 Å². The molecule has 3 atom stereocenters. The average Bonchev–Trinajstić information content (AvgIpc) is 2.60. The van der Waals surface area contributed by atoms with Gasteiger partial charge in [-0.15, -0.1) is 0 Å². The number of ketones is 1. The lowest BCUT2D eigenvalue weighted by Crippen LogP contribution is -2.33. The molecule has 1 aromatic carbocycles. The molecule has 2 aliphatic rings. The van der Waals surface area contributed by atoms with E-state index in [1.165, 1.54) is 19.8 Å². The molecule has 148 valence electrons. The maximum Gasteiger partial charge on any atom is 0.308 e. The number of anilines is 1. The Kier molecular flexibility index (Phi) is 6.40. The van der Waals surface area contributed by atoms with Crippen LogP contribution in [0.5, 0.6) is 11.5 Å². The van der Waals surface area contributed by atoms with Crippen molar-refractivity contribution in [1.29, 1.82) is 0 Å². The van der Waals surface area contributed by atoms with Crippen LogP contribution in [-0.2, 0) is 9.59 Å². The maximum absolute atomic E-state index is 12.0. The Balaban J connectivity index is 1.86. The first kappa shape index (κ1) is 19.7. The molecule has 1 fully saturated rings. The molecular weight excluding hydrogens is 342 g/mol. The molecular formula is C22H31NO4. The van der Waals surface area contributed by atoms with Crippen molar-refractivity contribution in [2.75, 3.05) is 11.9 Å². The van der Waals surface area contributed by atoms with Crippen molar-refractivity contribution in [3.05, 3.63) is 17.7 Å². The number of carbonyl (C=O) groups is 2. The topological polar surface area (TPSA) is 64.6 Å². The summed E-state index contributed by atoms with van der Waals surface area (Å²) in [6.45, 7) is 6.52. The Morgan fingerprint density at radius 1 is 1.33 bits per heavy atom.